The number of carbonyl (C=O) groups is 3. The zero-order valence-corrected chi connectivity index (χ0v) is 11.2. The minimum Gasteiger partial charge on any atom is -0.480 e. The van der Waals surface area contributed by atoms with Crippen molar-refractivity contribution in [2.24, 2.45) is 5.73 Å². The fraction of sp³-hybridized carbons (Fsp3) is 0.250. The van der Waals surface area contributed by atoms with Gasteiger partial charge in [-0.05, 0) is 12.1 Å². The van der Waals surface area contributed by atoms with Crippen LogP contribution < -0.4 is 11.1 Å². The number of carbonyl (C=O) groups excluding carboxylic acids is 2. The number of rotatable bonds is 7. The average molecular weight is 300 g/mol. The molecule has 6 nitrogen and oxygen atoms in total. The number of carboxylic acid groups (broad SMARTS) is 1. The molecule has 0 bridgehead atoms. The first-order chi connectivity index (χ1) is 9.40. The van der Waals surface area contributed by atoms with Gasteiger partial charge >= 0.3 is 5.97 Å². The number of halogens is 1. The maximum absolute atomic E-state index is 13.3. The molecule has 0 radical (unpaired) electrons. The SMILES string of the molecule is NC(=O)C[C@H](NC(=O)CSc1ccccc1F)C(=O)O. The summed E-state index contributed by atoms with van der Waals surface area (Å²) in [6, 6.07) is 4.53. The second-order valence-corrected chi connectivity index (χ2v) is 4.87. The minimum absolute atomic E-state index is 0.163. The third-order valence-electron chi connectivity index (χ3n) is 2.23. The fourth-order valence-electron chi connectivity index (χ4n) is 1.34. The lowest BCUT2D eigenvalue weighted by Gasteiger charge is -2.12. The number of benzene rings is 1. The maximum atomic E-state index is 13.3. The lowest BCUT2D eigenvalue weighted by molar-refractivity contribution is -0.143. The smallest absolute Gasteiger partial charge is 0.326 e. The highest BCUT2D eigenvalue weighted by Crippen LogP contribution is 2.20. The zero-order chi connectivity index (χ0) is 15.1. The van der Waals surface area contributed by atoms with Crippen molar-refractivity contribution in [3.63, 3.8) is 0 Å². The number of thioether (sulfide) groups is 1. The van der Waals surface area contributed by atoms with Gasteiger partial charge in [-0.1, -0.05) is 12.1 Å². The van der Waals surface area contributed by atoms with E-state index < -0.39 is 36.1 Å². The molecular weight excluding hydrogens is 287 g/mol. The topological polar surface area (TPSA) is 109 Å². The number of aliphatic carboxylic acids is 1. The molecule has 0 aliphatic rings. The van der Waals surface area contributed by atoms with E-state index in [0.29, 0.717) is 0 Å². The van der Waals surface area contributed by atoms with Gasteiger partial charge in [0.05, 0.1) is 12.2 Å². The van der Waals surface area contributed by atoms with E-state index in [0.717, 1.165) is 11.8 Å². The Labute approximate surface area is 118 Å². The Morgan fingerprint density at radius 3 is 2.55 bits per heavy atom. The van der Waals surface area contributed by atoms with Crippen molar-refractivity contribution in [1.82, 2.24) is 5.32 Å². The van der Waals surface area contributed by atoms with Gasteiger partial charge in [-0.25, -0.2) is 9.18 Å². The van der Waals surface area contributed by atoms with Crippen molar-refractivity contribution in [2.45, 2.75) is 17.4 Å². The molecule has 0 fully saturated rings. The fourth-order valence-corrected chi connectivity index (χ4v) is 2.09. The molecule has 8 heteroatoms. The number of hydrogen-bond acceptors (Lipinski definition) is 4. The molecule has 1 aromatic carbocycles. The first kappa shape index (κ1) is 16.0. The molecule has 1 rings (SSSR count). The number of nitrogens with one attached hydrogen (secondary N) is 1. The van der Waals surface area contributed by atoms with E-state index in [1.807, 2.05) is 0 Å². The number of hydrogen-bond donors (Lipinski definition) is 3. The van der Waals surface area contributed by atoms with E-state index in [9.17, 15) is 18.8 Å². The lowest BCUT2D eigenvalue weighted by Crippen LogP contribution is -2.44. The van der Waals surface area contributed by atoms with Crippen LogP contribution in [0.2, 0.25) is 0 Å². The monoisotopic (exact) mass is 300 g/mol. The van der Waals surface area contributed by atoms with Gasteiger partial charge in [0.2, 0.25) is 11.8 Å². The summed E-state index contributed by atoms with van der Waals surface area (Å²) in [5.41, 5.74) is 4.88. The van der Waals surface area contributed by atoms with Crippen LogP contribution in [0.5, 0.6) is 0 Å². The van der Waals surface area contributed by atoms with Crippen LogP contribution in [0.4, 0.5) is 4.39 Å². The third-order valence-corrected chi connectivity index (χ3v) is 3.28. The Kier molecular flexibility index (Phi) is 5.98. The largest absolute Gasteiger partial charge is 0.480 e. The van der Waals surface area contributed by atoms with E-state index in [1.165, 1.54) is 18.2 Å². The second kappa shape index (κ2) is 7.49. The first-order valence-electron chi connectivity index (χ1n) is 5.58. The van der Waals surface area contributed by atoms with Gasteiger partial charge in [-0.15, -0.1) is 11.8 Å². The predicted octanol–water partition coefficient (Wildman–Crippen LogP) is 0.363. The molecule has 4 N–H and O–H groups in total. The van der Waals surface area contributed by atoms with Gasteiger partial charge in [0.15, 0.2) is 0 Å². The Morgan fingerprint density at radius 2 is 2.00 bits per heavy atom. The molecule has 0 aliphatic carbocycles. The van der Waals surface area contributed by atoms with E-state index >= 15 is 0 Å². The number of primary amides is 1. The van der Waals surface area contributed by atoms with E-state index in [-0.39, 0.29) is 10.6 Å². The molecule has 0 spiro atoms. The molecule has 0 aromatic heterocycles. The molecule has 0 saturated carbocycles. The standard InChI is InChI=1S/C12H13FN2O4S/c13-7-3-1-2-4-9(7)20-6-11(17)15-8(12(18)19)5-10(14)16/h1-4,8H,5-6H2,(H2,14,16)(H,15,17)(H,18,19)/t8-/m0/s1. The van der Waals surface area contributed by atoms with Crippen LogP contribution in [-0.2, 0) is 14.4 Å². The number of carboxylic acids is 1. The number of amides is 2. The summed E-state index contributed by atoms with van der Waals surface area (Å²) in [4.78, 5) is 33.3. The molecule has 20 heavy (non-hydrogen) atoms. The van der Waals surface area contributed by atoms with Crippen molar-refractivity contribution in [2.75, 3.05) is 5.75 Å². The van der Waals surface area contributed by atoms with E-state index in [1.54, 1.807) is 6.07 Å². The molecule has 0 saturated heterocycles. The minimum atomic E-state index is -1.37. The molecule has 0 heterocycles. The van der Waals surface area contributed by atoms with Crippen molar-refractivity contribution >= 4 is 29.5 Å². The van der Waals surface area contributed by atoms with E-state index in [4.69, 9.17) is 10.8 Å². The molecule has 108 valence electrons. The summed E-state index contributed by atoms with van der Waals surface area (Å²) < 4.78 is 13.3. The Hall–Kier alpha value is -2.09. The van der Waals surface area contributed by atoms with Crippen LogP contribution >= 0.6 is 11.8 Å². The predicted molar refractivity (Wildman–Crippen MR) is 70.5 cm³/mol. The van der Waals surface area contributed by atoms with Crippen LogP contribution in [0.1, 0.15) is 6.42 Å². The molecular formula is C12H13FN2O4S. The van der Waals surface area contributed by atoms with Gasteiger partial charge in [0.1, 0.15) is 11.9 Å². The Balaban J connectivity index is 2.52. The Morgan fingerprint density at radius 1 is 1.35 bits per heavy atom. The summed E-state index contributed by atoms with van der Waals surface area (Å²) in [5, 5.41) is 11.0. The third kappa shape index (κ3) is 5.27. The van der Waals surface area contributed by atoms with Crippen molar-refractivity contribution < 1.29 is 23.9 Å². The average Bonchev–Trinajstić information content (AvgIpc) is 2.36. The molecule has 0 unspecified atom stereocenters. The van der Waals surface area contributed by atoms with Crippen molar-refractivity contribution in [1.29, 1.82) is 0 Å². The summed E-state index contributed by atoms with van der Waals surface area (Å²) in [7, 11) is 0. The van der Waals surface area contributed by atoms with E-state index in [2.05, 4.69) is 5.32 Å². The molecule has 2 amide bonds. The highest BCUT2D eigenvalue weighted by molar-refractivity contribution is 8.00. The van der Waals surface area contributed by atoms with Crippen LogP contribution in [0.25, 0.3) is 0 Å². The van der Waals surface area contributed by atoms with Crippen molar-refractivity contribution in [3.8, 4) is 0 Å². The van der Waals surface area contributed by atoms with Gasteiger partial charge in [-0.3, -0.25) is 9.59 Å². The van der Waals surface area contributed by atoms with Crippen LogP contribution in [-0.4, -0.2) is 34.7 Å². The van der Waals surface area contributed by atoms with Gasteiger partial charge < -0.3 is 16.2 Å². The molecule has 0 aliphatic heterocycles. The lowest BCUT2D eigenvalue weighted by atomic mass is 10.2. The first-order valence-corrected chi connectivity index (χ1v) is 6.56. The zero-order valence-electron chi connectivity index (χ0n) is 10.3. The van der Waals surface area contributed by atoms with Gasteiger partial charge in [-0.2, -0.15) is 0 Å². The van der Waals surface area contributed by atoms with Crippen molar-refractivity contribution in [3.05, 3.63) is 30.1 Å². The van der Waals surface area contributed by atoms with Crippen LogP contribution in [0.3, 0.4) is 0 Å². The summed E-state index contributed by atoms with van der Waals surface area (Å²) in [6.07, 6.45) is -0.495. The van der Waals surface area contributed by atoms with Crippen LogP contribution in [0.15, 0.2) is 29.2 Å². The highest BCUT2D eigenvalue weighted by Gasteiger charge is 2.22. The summed E-state index contributed by atoms with van der Waals surface area (Å²) in [6.45, 7) is 0. The summed E-state index contributed by atoms with van der Waals surface area (Å²) >= 11 is 0.932. The summed E-state index contributed by atoms with van der Waals surface area (Å²) in [5.74, 6) is -3.43. The highest BCUT2D eigenvalue weighted by atomic mass is 32.2. The Bertz CT molecular complexity index is 524. The van der Waals surface area contributed by atoms with Gasteiger partial charge in [0.25, 0.3) is 0 Å². The molecule has 1 atom stereocenters. The van der Waals surface area contributed by atoms with Crippen LogP contribution in [0, 0.1) is 5.82 Å². The maximum Gasteiger partial charge on any atom is 0.326 e. The van der Waals surface area contributed by atoms with Gasteiger partial charge in [0, 0.05) is 4.90 Å². The normalized spacial score (nSPS) is 11.7. The molecule has 1 aromatic rings. The quantitative estimate of drug-likeness (QED) is 0.630. The second-order valence-electron chi connectivity index (χ2n) is 3.85. The number of nitrogens with two attached hydrogens (primary N) is 1.